The van der Waals surface area contributed by atoms with Crippen molar-refractivity contribution in [2.24, 2.45) is 82.9 Å². The van der Waals surface area contributed by atoms with E-state index in [1.165, 1.54) is 38.5 Å². The Hall–Kier alpha value is -1.06. The molecule has 1 N–H and O–H groups in total. The van der Waals surface area contributed by atoms with Crippen molar-refractivity contribution in [2.75, 3.05) is 0 Å². The highest BCUT2D eigenvalue weighted by atomic mass is 16.5. The maximum atomic E-state index is 13.7. The summed E-state index contributed by atoms with van der Waals surface area (Å²) in [7, 11) is 0. The summed E-state index contributed by atoms with van der Waals surface area (Å²) in [6, 6.07) is 0. The number of fused-ring (bicyclic) bond motifs is 14. The summed E-state index contributed by atoms with van der Waals surface area (Å²) >= 11 is 0. The van der Waals surface area contributed by atoms with Crippen molar-refractivity contribution in [1.82, 2.24) is 0 Å². The van der Waals surface area contributed by atoms with Crippen molar-refractivity contribution >= 4 is 11.9 Å². The van der Waals surface area contributed by atoms with Crippen LogP contribution in [0.1, 0.15) is 71.6 Å². The molecule has 0 heterocycles. The molecule has 0 aromatic carbocycles. The number of rotatable bonds is 5. The van der Waals surface area contributed by atoms with Crippen molar-refractivity contribution in [3.05, 3.63) is 0 Å². The molecule has 0 spiro atoms. The van der Waals surface area contributed by atoms with Crippen molar-refractivity contribution in [3.8, 4) is 0 Å². The zero-order valence-corrected chi connectivity index (χ0v) is 19.7. The van der Waals surface area contributed by atoms with Gasteiger partial charge in [0, 0.05) is 0 Å². The number of ether oxygens (including phenoxy) is 1. The van der Waals surface area contributed by atoms with Crippen LogP contribution in [0.25, 0.3) is 0 Å². The Labute approximate surface area is 192 Å². The number of hydrogen-bond donors (Lipinski definition) is 1. The Bertz CT molecular complexity index is 822. The first-order valence-electron chi connectivity index (χ1n) is 13.9. The fourth-order valence-electron chi connectivity index (χ4n) is 11.9. The van der Waals surface area contributed by atoms with Gasteiger partial charge in [-0.15, -0.1) is 0 Å². The molecule has 0 aromatic rings. The Morgan fingerprint density at radius 3 is 2.03 bits per heavy atom. The number of carbonyl (C=O) groups excluding carboxylic acids is 1. The third kappa shape index (κ3) is 2.45. The van der Waals surface area contributed by atoms with Crippen LogP contribution in [-0.2, 0) is 14.3 Å². The van der Waals surface area contributed by atoms with Gasteiger partial charge in [-0.1, -0.05) is 26.7 Å². The first kappa shape index (κ1) is 20.3. The molecule has 15 atom stereocenters. The number of hydrogen-bond acceptors (Lipinski definition) is 3. The van der Waals surface area contributed by atoms with Gasteiger partial charge in [-0.25, -0.2) is 0 Å². The van der Waals surface area contributed by atoms with E-state index in [1.807, 2.05) is 0 Å². The van der Waals surface area contributed by atoms with E-state index in [-0.39, 0.29) is 23.9 Å². The lowest BCUT2D eigenvalue weighted by atomic mass is 9.65. The van der Waals surface area contributed by atoms with E-state index in [0.717, 1.165) is 48.9 Å². The van der Waals surface area contributed by atoms with Crippen LogP contribution in [-0.4, -0.2) is 23.1 Å². The number of carbonyl (C=O) groups is 2. The number of aliphatic carboxylic acids is 1. The van der Waals surface area contributed by atoms with Gasteiger partial charge in [0.15, 0.2) is 0 Å². The van der Waals surface area contributed by atoms with Crippen molar-refractivity contribution in [1.29, 1.82) is 0 Å². The first-order valence-corrected chi connectivity index (χ1v) is 13.9. The predicted molar refractivity (Wildman–Crippen MR) is 119 cm³/mol. The summed E-state index contributed by atoms with van der Waals surface area (Å²) in [5.74, 6) is 5.95. The largest absolute Gasteiger partial charge is 0.481 e. The molecule has 7 rings (SSSR count). The molecule has 6 bridgehead atoms. The van der Waals surface area contributed by atoms with Crippen molar-refractivity contribution in [3.63, 3.8) is 0 Å². The normalized spacial score (nSPS) is 58.4. The van der Waals surface area contributed by atoms with E-state index in [1.54, 1.807) is 0 Å². The highest BCUT2D eigenvalue weighted by Gasteiger charge is 2.68. The summed E-state index contributed by atoms with van der Waals surface area (Å²) in [5, 5.41) is 10.2. The van der Waals surface area contributed by atoms with Gasteiger partial charge in [0.1, 0.15) is 6.10 Å². The Kier molecular flexibility index (Phi) is 4.43. The monoisotopic (exact) mass is 440 g/mol. The first-order chi connectivity index (χ1) is 15.5. The predicted octanol–water partition coefficient (Wildman–Crippen LogP) is 5.26. The lowest BCUT2D eigenvalue weighted by molar-refractivity contribution is -0.171. The van der Waals surface area contributed by atoms with Crippen molar-refractivity contribution in [2.45, 2.75) is 77.7 Å². The van der Waals surface area contributed by atoms with Crippen LogP contribution < -0.4 is 0 Å². The van der Waals surface area contributed by atoms with Gasteiger partial charge >= 0.3 is 11.9 Å². The SMILES string of the molecule is CCC1CC(CC)C2C3CC(C(C(=O)O)C3C(=O)OC3CC4CC3C3C5CCC(C5)C43)C12. The summed E-state index contributed by atoms with van der Waals surface area (Å²) in [6.45, 7) is 4.56. The number of esters is 1. The van der Waals surface area contributed by atoms with Gasteiger partial charge in [0.25, 0.3) is 0 Å². The van der Waals surface area contributed by atoms with Gasteiger partial charge in [-0.2, -0.15) is 0 Å². The third-order valence-corrected chi connectivity index (χ3v) is 12.5. The quantitative estimate of drug-likeness (QED) is 0.468. The molecule has 15 unspecified atom stereocenters. The molecule has 4 heteroatoms. The fourth-order valence-corrected chi connectivity index (χ4v) is 11.9. The van der Waals surface area contributed by atoms with E-state index < -0.39 is 17.8 Å². The molecule has 7 saturated carbocycles. The molecule has 0 aliphatic heterocycles. The molecule has 7 aliphatic carbocycles. The minimum absolute atomic E-state index is 0.0754. The van der Waals surface area contributed by atoms with Crippen LogP contribution in [0.4, 0.5) is 0 Å². The molecule has 4 nitrogen and oxygen atoms in total. The highest BCUT2D eigenvalue weighted by Crippen LogP contribution is 2.69. The Morgan fingerprint density at radius 1 is 0.719 bits per heavy atom. The molecule has 176 valence electrons. The summed E-state index contributed by atoms with van der Waals surface area (Å²) < 4.78 is 6.35. The van der Waals surface area contributed by atoms with Gasteiger partial charge in [0.05, 0.1) is 11.8 Å². The lowest BCUT2D eigenvalue weighted by Gasteiger charge is -2.41. The zero-order valence-electron chi connectivity index (χ0n) is 19.7. The molecule has 0 amide bonds. The topological polar surface area (TPSA) is 63.6 Å². The molecule has 0 saturated heterocycles. The van der Waals surface area contributed by atoms with Crippen LogP contribution in [0.15, 0.2) is 0 Å². The Balaban J connectivity index is 1.12. The minimum atomic E-state index is -0.742. The minimum Gasteiger partial charge on any atom is -0.481 e. The molecule has 0 aromatic heterocycles. The number of carboxylic acid groups (broad SMARTS) is 1. The second-order valence-electron chi connectivity index (χ2n) is 13.0. The van der Waals surface area contributed by atoms with Crippen LogP contribution in [0.5, 0.6) is 0 Å². The van der Waals surface area contributed by atoms with E-state index >= 15 is 0 Å². The van der Waals surface area contributed by atoms with Gasteiger partial charge in [0.2, 0.25) is 0 Å². The smallest absolute Gasteiger partial charge is 0.310 e. The highest BCUT2D eigenvalue weighted by molar-refractivity contribution is 5.83. The summed E-state index contributed by atoms with van der Waals surface area (Å²) in [4.78, 5) is 26.1. The van der Waals surface area contributed by atoms with Crippen LogP contribution >= 0.6 is 0 Å². The van der Waals surface area contributed by atoms with Gasteiger partial charge < -0.3 is 9.84 Å². The standard InChI is InChI=1S/C28H40O4/c1-3-12-7-13(4-2)23-19-11-18(22(12)23)25(27(29)30)26(19)28(31)32-20-10-16-9-17(20)24-15-6-5-14(8-15)21(16)24/h12-26H,3-11H2,1-2H3,(H,29,30). The molecule has 7 aliphatic rings. The fraction of sp³-hybridized carbons (Fsp3) is 0.929. The molecule has 7 fully saturated rings. The second-order valence-corrected chi connectivity index (χ2v) is 13.0. The molecular weight excluding hydrogens is 400 g/mol. The maximum absolute atomic E-state index is 13.7. The lowest BCUT2D eigenvalue weighted by Crippen LogP contribution is -2.45. The second kappa shape index (κ2) is 6.98. The van der Waals surface area contributed by atoms with Crippen molar-refractivity contribution < 1.29 is 19.4 Å². The molecule has 32 heavy (non-hydrogen) atoms. The van der Waals surface area contributed by atoms with Crippen LogP contribution in [0.2, 0.25) is 0 Å². The molecular formula is C28H40O4. The third-order valence-electron chi connectivity index (χ3n) is 12.5. The van der Waals surface area contributed by atoms with Crippen LogP contribution in [0.3, 0.4) is 0 Å². The van der Waals surface area contributed by atoms with E-state index in [4.69, 9.17) is 4.74 Å². The maximum Gasteiger partial charge on any atom is 0.310 e. The Morgan fingerprint density at radius 2 is 1.38 bits per heavy atom. The average molecular weight is 441 g/mol. The van der Waals surface area contributed by atoms with E-state index in [2.05, 4.69) is 13.8 Å². The van der Waals surface area contributed by atoms with E-state index in [0.29, 0.717) is 29.6 Å². The van der Waals surface area contributed by atoms with Crippen LogP contribution in [0, 0.1) is 82.9 Å². The van der Waals surface area contributed by atoms with Gasteiger partial charge in [-0.3, -0.25) is 9.59 Å². The summed E-state index contributed by atoms with van der Waals surface area (Å²) in [6.07, 6.45) is 11.2. The molecule has 0 radical (unpaired) electrons. The summed E-state index contributed by atoms with van der Waals surface area (Å²) in [5.41, 5.74) is 0. The van der Waals surface area contributed by atoms with Gasteiger partial charge in [-0.05, 0) is 116 Å². The number of carboxylic acids is 1. The van der Waals surface area contributed by atoms with E-state index in [9.17, 15) is 14.7 Å². The zero-order chi connectivity index (χ0) is 21.9. The average Bonchev–Trinajstić information content (AvgIpc) is 3.59.